The van der Waals surface area contributed by atoms with Crippen LogP contribution in [0, 0.1) is 5.92 Å². The highest BCUT2D eigenvalue weighted by molar-refractivity contribution is 7.89. The van der Waals surface area contributed by atoms with Crippen molar-refractivity contribution in [3.8, 4) is 0 Å². The van der Waals surface area contributed by atoms with Gasteiger partial charge in [0.05, 0.1) is 5.75 Å². The summed E-state index contributed by atoms with van der Waals surface area (Å²) in [4.78, 5) is 0. The Morgan fingerprint density at radius 1 is 1.44 bits per heavy atom. The standard InChI is InChI=1S/C12H26N2O3S/c1-11(2)13-6-3-9-18(16,17)14-7-4-12(10-14)5-8-15/h11-13,15H,3-10H2,1-2H3. The van der Waals surface area contributed by atoms with E-state index in [4.69, 9.17) is 5.11 Å². The van der Waals surface area contributed by atoms with Crippen molar-refractivity contribution in [3.63, 3.8) is 0 Å². The molecule has 0 amide bonds. The molecule has 1 atom stereocenters. The minimum absolute atomic E-state index is 0.150. The maximum absolute atomic E-state index is 12.1. The molecule has 1 aliphatic heterocycles. The first-order chi connectivity index (χ1) is 8.45. The van der Waals surface area contributed by atoms with Crippen LogP contribution in [-0.4, -0.2) is 55.9 Å². The van der Waals surface area contributed by atoms with E-state index in [0.29, 0.717) is 37.9 Å². The van der Waals surface area contributed by atoms with E-state index < -0.39 is 10.0 Å². The van der Waals surface area contributed by atoms with Gasteiger partial charge < -0.3 is 10.4 Å². The molecule has 5 nitrogen and oxygen atoms in total. The van der Waals surface area contributed by atoms with Gasteiger partial charge in [0.2, 0.25) is 10.0 Å². The Labute approximate surface area is 111 Å². The number of nitrogens with one attached hydrogen (secondary N) is 1. The summed E-state index contributed by atoms with van der Waals surface area (Å²) >= 11 is 0. The lowest BCUT2D eigenvalue weighted by atomic mass is 10.1. The number of aliphatic hydroxyl groups excluding tert-OH is 1. The predicted octanol–water partition coefficient (Wildman–Crippen LogP) is 0.409. The number of rotatable bonds is 8. The first-order valence-electron chi connectivity index (χ1n) is 6.77. The fourth-order valence-corrected chi connectivity index (χ4v) is 3.83. The monoisotopic (exact) mass is 278 g/mol. The van der Waals surface area contributed by atoms with Crippen LogP contribution >= 0.6 is 0 Å². The SMILES string of the molecule is CC(C)NCCCS(=O)(=O)N1CCC(CCO)C1. The van der Waals surface area contributed by atoms with Crippen LogP contribution in [0.2, 0.25) is 0 Å². The maximum Gasteiger partial charge on any atom is 0.214 e. The Kier molecular flexibility index (Phi) is 6.55. The minimum Gasteiger partial charge on any atom is -0.396 e. The van der Waals surface area contributed by atoms with Gasteiger partial charge in [-0.1, -0.05) is 13.8 Å². The molecular weight excluding hydrogens is 252 g/mol. The van der Waals surface area contributed by atoms with Crippen molar-refractivity contribution >= 4 is 10.0 Å². The van der Waals surface area contributed by atoms with E-state index in [1.807, 2.05) is 0 Å². The van der Waals surface area contributed by atoms with E-state index in [2.05, 4.69) is 19.2 Å². The van der Waals surface area contributed by atoms with E-state index in [9.17, 15) is 8.42 Å². The summed E-state index contributed by atoms with van der Waals surface area (Å²) in [6.45, 7) is 6.19. The zero-order valence-corrected chi connectivity index (χ0v) is 12.2. The first kappa shape index (κ1) is 15.9. The van der Waals surface area contributed by atoms with Gasteiger partial charge in [0.15, 0.2) is 0 Å². The van der Waals surface area contributed by atoms with Crippen LogP contribution in [0.3, 0.4) is 0 Å². The first-order valence-corrected chi connectivity index (χ1v) is 8.38. The molecule has 0 spiro atoms. The smallest absolute Gasteiger partial charge is 0.214 e. The second-order valence-corrected chi connectivity index (χ2v) is 7.39. The number of aliphatic hydroxyl groups is 1. The van der Waals surface area contributed by atoms with Crippen molar-refractivity contribution in [2.24, 2.45) is 5.92 Å². The average Bonchev–Trinajstić information content (AvgIpc) is 2.74. The van der Waals surface area contributed by atoms with Crippen molar-refractivity contribution in [1.29, 1.82) is 0 Å². The van der Waals surface area contributed by atoms with Crippen molar-refractivity contribution in [2.75, 3.05) is 32.0 Å². The molecule has 18 heavy (non-hydrogen) atoms. The molecule has 0 saturated carbocycles. The van der Waals surface area contributed by atoms with Gasteiger partial charge in [-0.05, 0) is 31.7 Å². The Hall–Kier alpha value is -0.170. The number of nitrogens with zero attached hydrogens (tertiary/aromatic N) is 1. The van der Waals surface area contributed by atoms with Crippen molar-refractivity contribution < 1.29 is 13.5 Å². The van der Waals surface area contributed by atoms with Crippen molar-refractivity contribution in [2.45, 2.75) is 39.2 Å². The third kappa shape index (κ3) is 5.22. The summed E-state index contributed by atoms with van der Waals surface area (Å²) in [6.07, 6.45) is 2.24. The van der Waals surface area contributed by atoms with Gasteiger partial charge in [0.1, 0.15) is 0 Å². The molecule has 0 aromatic heterocycles. The summed E-state index contributed by atoms with van der Waals surface area (Å²) in [5.41, 5.74) is 0. The van der Waals surface area contributed by atoms with Crippen molar-refractivity contribution in [1.82, 2.24) is 9.62 Å². The molecule has 0 aliphatic carbocycles. The van der Waals surface area contributed by atoms with Gasteiger partial charge in [-0.15, -0.1) is 0 Å². The Balaban J connectivity index is 2.31. The molecule has 1 fully saturated rings. The Morgan fingerprint density at radius 2 is 2.17 bits per heavy atom. The number of sulfonamides is 1. The third-order valence-corrected chi connectivity index (χ3v) is 5.23. The fraction of sp³-hybridized carbons (Fsp3) is 1.00. The number of hydrogen-bond acceptors (Lipinski definition) is 4. The summed E-state index contributed by atoms with van der Waals surface area (Å²) in [5.74, 6) is 0.553. The fourth-order valence-electron chi connectivity index (χ4n) is 2.24. The van der Waals surface area contributed by atoms with Crippen LogP contribution < -0.4 is 5.32 Å². The van der Waals surface area contributed by atoms with Crippen LogP contribution in [0.5, 0.6) is 0 Å². The topological polar surface area (TPSA) is 69.6 Å². The molecule has 1 heterocycles. The molecule has 1 aliphatic rings. The molecule has 1 saturated heterocycles. The average molecular weight is 278 g/mol. The molecule has 0 bridgehead atoms. The zero-order valence-electron chi connectivity index (χ0n) is 11.4. The maximum atomic E-state index is 12.1. The zero-order chi connectivity index (χ0) is 13.6. The molecule has 108 valence electrons. The summed E-state index contributed by atoms with van der Waals surface area (Å²) < 4.78 is 25.7. The summed E-state index contributed by atoms with van der Waals surface area (Å²) in [6, 6.07) is 0.397. The van der Waals surface area contributed by atoms with Gasteiger partial charge in [0.25, 0.3) is 0 Å². The van der Waals surface area contributed by atoms with Crippen LogP contribution in [0.4, 0.5) is 0 Å². The van der Waals surface area contributed by atoms with Crippen LogP contribution in [0.1, 0.15) is 33.1 Å². The molecule has 0 aromatic rings. The van der Waals surface area contributed by atoms with Crippen LogP contribution in [-0.2, 0) is 10.0 Å². The van der Waals surface area contributed by atoms with E-state index >= 15 is 0 Å². The number of hydrogen-bond donors (Lipinski definition) is 2. The molecule has 0 radical (unpaired) electrons. The lowest BCUT2D eigenvalue weighted by Gasteiger charge is -2.16. The molecule has 1 rings (SSSR count). The quantitative estimate of drug-likeness (QED) is 0.631. The summed E-state index contributed by atoms with van der Waals surface area (Å²) in [7, 11) is -3.10. The van der Waals surface area contributed by atoms with E-state index in [1.165, 1.54) is 0 Å². The molecule has 0 aromatic carbocycles. The minimum atomic E-state index is -3.10. The van der Waals surface area contributed by atoms with E-state index in [1.54, 1.807) is 4.31 Å². The highest BCUT2D eigenvalue weighted by Gasteiger charge is 2.30. The Bertz CT molecular complexity index is 330. The van der Waals surface area contributed by atoms with E-state index in [-0.39, 0.29) is 12.4 Å². The predicted molar refractivity (Wildman–Crippen MR) is 72.9 cm³/mol. The lowest BCUT2D eigenvalue weighted by Crippen LogP contribution is -2.33. The molecule has 6 heteroatoms. The van der Waals surface area contributed by atoms with Crippen LogP contribution in [0.15, 0.2) is 0 Å². The lowest BCUT2D eigenvalue weighted by molar-refractivity contribution is 0.259. The normalized spacial score (nSPS) is 21.9. The van der Waals surface area contributed by atoms with Gasteiger partial charge in [-0.2, -0.15) is 0 Å². The highest BCUT2D eigenvalue weighted by atomic mass is 32.2. The highest BCUT2D eigenvalue weighted by Crippen LogP contribution is 2.22. The largest absolute Gasteiger partial charge is 0.396 e. The van der Waals surface area contributed by atoms with Gasteiger partial charge >= 0.3 is 0 Å². The van der Waals surface area contributed by atoms with Gasteiger partial charge in [-0.25, -0.2) is 12.7 Å². The van der Waals surface area contributed by atoms with Crippen molar-refractivity contribution in [3.05, 3.63) is 0 Å². The van der Waals surface area contributed by atoms with E-state index in [0.717, 1.165) is 13.0 Å². The second kappa shape index (κ2) is 7.43. The Morgan fingerprint density at radius 3 is 2.78 bits per heavy atom. The van der Waals surface area contributed by atoms with Gasteiger partial charge in [0, 0.05) is 25.7 Å². The van der Waals surface area contributed by atoms with Crippen LogP contribution in [0.25, 0.3) is 0 Å². The molecule has 1 unspecified atom stereocenters. The third-order valence-electron chi connectivity index (χ3n) is 3.31. The second-order valence-electron chi connectivity index (χ2n) is 5.30. The summed E-state index contributed by atoms with van der Waals surface area (Å²) in [5, 5.41) is 12.1. The molecular formula is C12H26N2O3S. The molecule has 2 N–H and O–H groups in total. The van der Waals surface area contributed by atoms with Gasteiger partial charge in [-0.3, -0.25) is 0 Å².